The van der Waals surface area contributed by atoms with E-state index in [9.17, 15) is 25.2 Å². The molecular formula is C65H116O9. The maximum Gasteiger partial charge on any atom is 0.306 e. The van der Waals surface area contributed by atoms with Crippen LogP contribution in [-0.2, 0) is 23.7 Å². The van der Waals surface area contributed by atoms with Crippen molar-refractivity contribution in [1.82, 2.24) is 0 Å². The van der Waals surface area contributed by atoms with Gasteiger partial charge in [-0.1, -0.05) is 254 Å². The molecular weight excluding hydrogens is 925 g/mol. The monoisotopic (exact) mass is 1040 g/mol. The van der Waals surface area contributed by atoms with Crippen molar-refractivity contribution in [2.75, 3.05) is 26.4 Å². The Labute approximate surface area is 455 Å². The van der Waals surface area contributed by atoms with E-state index >= 15 is 0 Å². The SMILES string of the molecule is CC/C=C\C/C=C\C/C=C\C/C=C\CCCCCCCCCCCCCCC(=O)OC(COCCCCCCCCCCCCCCCC/C=C\C/C=C\CCCCCCC)COC1OC(CO)C(O)C(O)C1O. The van der Waals surface area contributed by atoms with Crippen LogP contribution in [0.4, 0.5) is 0 Å². The standard InChI is InChI=1S/C65H116O9/c1-3-5-7-9-11-13-15-17-19-21-23-25-27-29-31-33-35-37-39-41-43-45-47-49-51-53-55-71-57-59(58-72-65-64(70)63(69)62(68)60(56-66)74-65)73-61(67)54-52-50-48-46-44-42-40-38-36-34-32-30-28-26-24-22-20-18-16-14-12-10-8-6-4-2/h6,8,12,14-15,17-18,20-21,23-24,26,59-60,62-66,68-70H,3-5,7,9-11,13,16,19,22,25,27-58H2,1-2H3/b8-6-,14-12-,17-15-,20-18-,23-21-,26-24-. The Morgan fingerprint density at radius 3 is 1.24 bits per heavy atom. The van der Waals surface area contributed by atoms with E-state index in [0.29, 0.717) is 13.0 Å². The molecule has 4 N–H and O–H groups in total. The molecule has 6 atom stereocenters. The molecule has 0 aromatic heterocycles. The van der Waals surface area contributed by atoms with Crippen molar-refractivity contribution in [2.45, 2.75) is 307 Å². The highest BCUT2D eigenvalue weighted by atomic mass is 16.7. The summed E-state index contributed by atoms with van der Waals surface area (Å²) in [6, 6.07) is 0. The molecule has 0 saturated carbocycles. The van der Waals surface area contributed by atoms with Gasteiger partial charge in [-0.3, -0.25) is 4.79 Å². The van der Waals surface area contributed by atoms with Crippen LogP contribution >= 0.6 is 0 Å². The first-order valence-corrected chi connectivity index (χ1v) is 31.0. The summed E-state index contributed by atoms with van der Waals surface area (Å²) in [5, 5.41) is 40.4. The lowest BCUT2D eigenvalue weighted by Crippen LogP contribution is -2.59. The third-order valence-corrected chi connectivity index (χ3v) is 14.1. The van der Waals surface area contributed by atoms with Crippen molar-refractivity contribution in [3.63, 3.8) is 0 Å². The van der Waals surface area contributed by atoms with Gasteiger partial charge in [0.25, 0.3) is 0 Å². The molecule has 1 heterocycles. The van der Waals surface area contributed by atoms with Gasteiger partial charge in [0.15, 0.2) is 6.29 Å². The minimum absolute atomic E-state index is 0.115. The molecule has 9 heteroatoms. The van der Waals surface area contributed by atoms with E-state index in [4.69, 9.17) is 18.9 Å². The molecule has 1 aliphatic heterocycles. The second kappa shape index (κ2) is 55.4. The normalized spacial score (nSPS) is 19.0. The molecule has 430 valence electrons. The number of aliphatic hydroxyl groups excluding tert-OH is 4. The maximum atomic E-state index is 12.9. The first-order chi connectivity index (χ1) is 36.4. The third-order valence-electron chi connectivity index (χ3n) is 14.1. The molecule has 0 spiro atoms. The number of aliphatic hydroxyl groups is 4. The van der Waals surface area contributed by atoms with Gasteiger partial charge in [-0.25, -0.2) is 0 Å². The van der Waals surface area contributed by atoms with Crippen LogP contribution in [0.15, 0.2) is 72.9 Å². The second-order valence-electron chi connectivity index (χ2n) is 21.1. The Morgan fingerprint density at radius 1 is 0.446 bits per heavy atom. The summed E-state index contributed by atoms with van der Waals surface area (Å²) < 4.78 is 23.0. The molecule has 6 unspecified atom stereocenters. The molecule has 1 saturated heterocycles. The highest BCUT2D eigenvalue weighted by Gasteiger charge is 2.44. The van der Waals surface area contributed by atoms with Crippen molar-refractivity contribution < 1.29 is 44.2 Å². The van der Waals surface area contributed by atoms with Crippen LogP contribution in [-0.4, -0.2) is 89.6 Å². The first-order valence-electron chi connectivity index (χ1n) is 31.0. The van der Waals surface area contributed by atoms with E-state index < -0.39 is 43.4 Å². The van der Waals surface area contributed by atoms with Crippen molar-refractivity contribution in [3.05, 3.63) is 72.9 Å². The number of esters is 1. The van der Waals surface area contributed by atoms with Crippen molar-refractivity contribution in [3.8, 4) is 0 Å². The van der Waals surface area contributed by atoms with Gasteiger partial charge in [0.1, 0.15) is 30.5 Å². The topological polar surface area (TPSA) is 135 Å². The predicted molar refractivity (Wildman–Crippen MR) is 311 cm³/mol. The van der Waals surface area contributed by atoms with E-state index in [1.807, 2.05) is 0 Å². The third kappa shape index (κ3) is 44.7. The molecule has 0 radical (unpaired) electrons. The smallest absolute Gasteiger partial charge is 0.306 e. The zero-order chi connectivity index (χ0) is 53.5. The van der Waals surface area contributed by atoms with E-state index in [1.54, 1.807) is 0 Å². The number of carbonyl (C=O) groups excluding carboxylic acids is 1. The lowest BCUT2D eigenvalue weighted by molar-refractivity contribution is -0.305. The zero-order valence-corrected chi connectivity index (χ0v) is 47.8. The molecule has 0 aromatic rings. The van der Waals surface area contributed by atoms with Gasteiger partial charge in [-0.05, 0) is 83.5 Å². The Bertz CT molecular complexity index is 1370. The lowest BCUT2D eigenvalue weighted by atomic mass is 9.99. The molecule has 0 amide bonds. The molecule has 1 aliphatic rings. The van der Waals surface area contributed by atoms with Gasteiger partial charge in [0.2, 0.25) is 0 Å². The number of carbonyl (C=O) groups is 1. The fraction of sp³-hybridized carbons (Fsp3) is 0.800. The predicted octanol–water partition coefficient (Wildman–Crippen LogP) is 16.7. The number of rotatable bonds is 54. The first kappa shape index (κ1) is 69.6. The largest absolute Gasteiger partial charge is 0.457 e. The summed E-state index contributed by atoms with van der Waals surface area (Å²) in [5.41, 5.74) is 0. The van der Waals surface area contributed by atoms with Crippen LogP contribution in [0.1, 0.15) is 271 Å². The van der Waals surface area contributed by atoms with E-state index in [1.165, 1.54) is 186 Å². The minimum Gasteiger partial charge on any atom is -0.457 e. The number of allylic oxidation sites excluding steroid dienone is 12. The summed E-state index contributed by atoms with van der Waals surface area (Å²) in [7, 11) is 0. The molecule has 1 fully saturated rings. The maximum absolute atomic E-state index is 12.9. The Balaban J connectivity index is 2.12. The summed E-state index contributed by atoms with van der Waals surface area (Å²) in [6.45, 7) is 4.47. The average molecular weight is 1040 g/mol. The number of hydrogen-bond donors (Lipinski definition) is 4. The molecule has 0 aliphatic carbocycles. The summed E-state index contributed by atoms with van der Waals surface area (Å²) in [4.78, 5) is 12.9. The lowest BCUT2D eigenvalue weighted by Gasteiger charge is -2.39. The minimum atomic E-state index is -1.54. The van der Waals surface area contributed by atoms with Gasteiger partial charge in [-0.2, -0.15) is 0 Å². The number of unbranched alkanes of at least 4 members (excludes halogenated alkanes) is 31. The number of hydrogen-bond acceptors (Lipinski definition) is 9. The van der Waals surface area contributed by atoms with Gasteiger partial charge < -0.3 is 39.4 Å². The fourth-order valence-corrected chi connectivity index (χ4v) is 9.34. The van der Waals surface area contributed by atoms with Crippen LogP contribution in [0.5, 0.6) is 0 Å². The van der Waals surface area contributed by atoms with Gasteiger partial charge in [0.05, 0.1) is 19.8 Å². The summed E-state index contributed by atoms with van der Waals surface area (Å²) in [6.07, 6.45) is 68.1. The molecule has 1 rings (SSSR count). The van der Waals surface area contributed by atoms with Crippen LogP contribution in [0.25, 0.3) is 0 Å². The summed E-state index contributed by atoms with van der Waals surface area (Å²) in [5.74, 6) is -0.314. The molecule has 0 bridgehead atoms. The second-order valence-corrected chi connectivity index (χ2v) is 21.1. The quantitative estimate of drug-likeness (QED) is 0.0267. The van der Waals surface area contributed by atoms with Crippen LogP contribution in [0, 0.1) is 0 Å². The van der Waals surface area contributed by atoms with E-state index in [0.717, 1.165) is 64.2 Å². The highest BCUT2D eigenvalue weighted by molar-refractivity contribution is 5.69. The van der Waals surface area contributed by atoms with E-state index in [2.05, 4.69) is 86.8 Å². The molecule has 74 heavy (non-hydrogen) atoms. The van der Waals surface area contributed by atoms with Crippen molar-refractivity contribution >= 4 is 5.97 Å². The van der Waals surface area contributed by atoms with Crippen LogP contribution in [0.2, 0.25) is 0 Å². The summed E-state index contributed by atoms with van der Waals surface area (Å²) >= 11 is 0. The van der Waals surface area contributed by atoms with Crippen LogP contribution < -0.4 is 0 Å². The molecule has 0 aromatic carbocycles. The van der Waals surface area contributed by atoms with Gasteiger partial charge >= 0.3 is 5.97 Å². The Hall–Kier alpha value is -2.37. The van der Waals surface area contributed by atoms with Gasteiger partial charge in [-0.15, -0.1) is 0 Å². The van der Waals surface area contributed by atoms with Crippen molar-refractivity contribution in [2.24, 2.45) is 0 Å². The number of ether oxygens (including phenoxy) is 4. The fourth-order valence-electron chi connectivity index (χ4n) is 9.34. The Morgan fingerprint density at radius 2 is 0.824 bits per heavy atom. The average Bonchev–Trinajstić information content (AvgIpc) is 3.40. The molecule has 9 nitrogen and oxygen atoms in total. The van der Waals surface area contributed by atoms with Crippen molar-refractivity contribution in [1.29, 1.82) is 0 Å². The zero-order valence-electron chi connectivity index (χ0n) is 47.8. The van der Waals surface area contributed by atoms with Crippen LogP contribution in [0.3, 0.4) is 0 Å². The van der Waals surface area contributed by atoms with E-state index in [-0.39, 0.29) is 19.2 Å². The van der Waals surface area contributed by atoms with Gasteiger partial charge in [0, 0.05) is 13.0 Å². The highest BCUT2D eigenvalue weighted by Crippen LogP contribution is 2.23. The Kier molecular flexibility index (Phi) is 52.1.